The van der Waals surface area contributed by atoms with Gasteiger partial charge < -0.3 is 9.47 Å². The number of hydrogen-bond acceptors (Lipinski definition) is 5. The first-order chi connectivity index (χ1) is 15.4. The first-order valence-corrected chi connectivity index (χ1v) is 10.5. The molecule has 0 aliphatic carbocycles. The fourth-order valence-corrected chi connectivity index (χ4v) is 3.91. The lowest BCUT2D eigenvalue weighted by atomic mass is 10.1. The van der Waals surface area contributed by atoms with Crippen LogP contribution in [0, 0.1) is 0 Å². The number of aromatic nitrogens is 2. The highest BCUT2D eigenvalue weighted by Crippen LogP contribution is 2.28. The molecule has 0 aliphatic heterocycles. The Bertz CT molecular complexity index is 1440. The van der Waals surface area contributed by atoms with Crippen LogP contribution in [-0.2, 0) is 6.54 Å². The lowest BCUT2D eigenvalue weighted by Crippen LogP contribution is -2.40. The molecule has 0 aliphatic rings. The Morgan fingerprint density at radius 1 is 0.906 bits per heavy atom. The number of benzene rings is 3. The molecule has 0 unspecified atom stereocenters. The van der Waals surface area contributed by atoms with Gasteiger partial charge >= 0.3 is 5.69 Å². The van der Waals surface area contributed by atoms with Crippen molar-refractivity contribution in [1.29, 1.82) is 0 Å². The predicted octanol–water partition coefficient (Wildman–Crippen LogP) is 3.82. The number of ketones is 1. The Hall–Kier alpha value is -3.65. The van der Waals surface area contributed by atoms with Crippen molar-refractivity contribution in [3.63, 3.8) is 0 Å². The molecular weight excluding hydrogens is 476 g/mol. The van der Waals surface area contributed by atoms with Gasteiger partial charge in [0.15, 0.2) is 17.3 Å². The van der Waals surface area contributed by atoms with Gasteiger partial charge in [0.2, 0.25) is 0 Å². The van der Waals surface area contributed by atoms with Gasteiger partial charge in [0.1, 0.15) is 0 Å². The van der Waals surface area contributed by atoms with Crippen molar-refractivity contribution in [1.82, 2.24) is 9.13 Å². The molecule has 162 valence electrons. The van der Waals surface area contributed by atoms with Gasteiger partial charge in [-0.3, -0.25) is 14.2 Å². The highest BCUT2D eigenvalue weighted by Gasteiger charge is 2.18. The van der Waals surface area contributed by atoms with Gasteiger partial charge in [-0.15, -0.1) is 0 Å². The molecule has 7 nitrogen and oxygen atoms in total. The maximum absolute atomic E-state index is 13.4. The largest absolute Gasteiger partial charge is 0.493 e. The summed E-state index contributed by atoms with van der Waals surface area (Å²) in [5, 5.41) is 0.322. The van der Waals surface area contributed by atoms with E-state index in [4.69, 9.17) is 9.47 Å². The van der Waals surface area contributed by atoms with Gasteiger partial charge in [-0.05, 0) is 48.5 Å². The maximum Gasteiger partial charge on any atom is 0.336 e. The predicted molar refractivity (Wildman–Crippen MR) is 125 cm³/mol. The Balaban J connectivity index is 1.90. The van der Waals surface area contributed by atoms with E-state index in [2.05, 4.69) is 15.9 Å². The van der Waals surface area contributed by atoms with Crippen LogP contribution in [0.3, 0.4) is 0 Å². The number of fused-ring (bicyclic) bond motifs is 1. The molecule has 0 saturated carbocycles. The summed E-state index contributed by atoms with van der Waals surface area (Å²) in [6, 6.07) is 18.5. The maximum atomic E-state index is 13.4. The normalized spacial score (nSPS) is 10.8. The number of rotatable bonds is 6. The fourth-order valence-electron chi connectivity index (χ4n) is 3.55. The zero-order valence-corrected chi connectivity index (χ0v) is 19.0. The molecular formula is C24H19BrN2O5. The van der Waals surface area contributed by atoms with Gasteiger partial charge in [0.25, 0.3) is 5.56 Å². The van der Waals surface area contributed by atoms with Crippen molar-refractivity contribution in [3.05, 3.63) is 97.6 Å². The average Bonchev–Trinajstić information content (AvgIpc) is 2.82. The van der Waals surface area contributed by atoms with E-state index in [0.717, 1.165) is 4.57 Å². The summed E-state index contributed by atoms with van der Waals surface area (Å²) in [5.41, 5.74) is 0.121. The third-order valence-electron chi connectivity index (χ3n) is 5.13. The summed E-state index contributed by atoms with van der Waals surface area (Å²) in [5.74, 6) is 0.596. The lowest BCUT2D eigenvalue weighted by Gasteiger charge is -2.15. The second kappa shape index (κ2) is 8.84. The number of nitrogens with zero attached hydrogens (tertiary/aromatic N) is 2. The number of hydrogen-bond donors (Lipinski definition) is 0. The Kier molecular flexibility index (Phi) is 5.96. The van der Waals surface area contributed by atoms with E-state index in [1.165, 1.54) is 18.8 Å². The molecule has 0 fully saturated rings. The number of methoxy groups -OCH3 is 2. The summed E-state index contributed by atoms with van der Waals surface area (Å²) in [6.45, 7) is -0.250. The van der Waals surface area contributed by atoms with E-state index < -0.39 is 11.2 Å². The first-order valence-electron chi connectivity index (χ1n) is 9.70. The van der Waals surface area contributed by atoms with Gasteiger partial charge in [0, 0.05) is 10.0 Å². The SMILES string of the molecule is COc1ccc(C(=O)Cn2c(=O)n(-c3ccccc3)c(=O)c3cc(Br)ccc32)cc1OC. The fraction of sp³-hybridized carbons (Fsp3) is 0.125. The van der Waals surface area contributed by atoms with Crippen molar-refractivity contribution in [2.45, 2.75) is 6.54 Å². The monoisotopic (exact) mass is 494 g/mol. The second-order valence-electron chi connectivity index (χ2n) is 7.00. The van der Waals surface area contributed by atoms with E-state index in [1.54, 1.807) is 66.7 Å². The minimum absolute atomic E-state index is 0.250. The van der Waals surface area contributed by atoms with Crippen LogP contribution in [-0.4, -0.2) is 29.1 Å². The van der Waals surface area contributed by atoms with Crippen LogP contribution in [0.1, 0.15) is 10.4 Å². The minimum atomic E-state index is -0.593. The Morgan fingerprint density at radius 3 is 2.31 bits per heavy atom. The highest BCUT2D eigenvalue weighted by molar-refractivity contribution is 9.10. The molecule has 0 spiro atoms. The van der Waals surface area contributed by atoms with Crippen LogP contribution in [0.4, 0.5) is 0 Å². The topological polar surface area (TPSA) is 79.5 Å². The summed E-state index contributed by atoms with van der Waals surface area (Å²) < 4.78 is 13.6. The molecule has 4 aromatic rings. The van der Waals surface area contributed by atoms with E-state index in [0.29, 0.717) is 38.1 Å². The number of carbonyl (C=O) groups is 1. The number of Topliss-reactive ketones (excluding diaryl/α,β-unsaturated/α-hetero) is 1. The minimum Gasteiger partial charge on any atom is -0.493 e. The molecule has 0 bridgehead atoms. The van der Waals surface area contributed by atoms with Crippen LogP contribution in [0.5, 0.6) is 11.5 Å². The second-order valence-corrected chi connectivity index (χ2v) is 7.91. The summed E-state index contributed by atoms with van der Waals surface area (Å²) in [4.78, 5) is 39.7. The molecule has 0 N–H and O–H groups in total. The van der Waals surface area contributed by atoms with E-state index in [-0.39, 0.29) is 12.3 Å². The number of para-hydroxylation sites is 1. The Morgan fingerprint density at radius 2 is 1.62 bits per heavy atom. The molecule has 0 amide bonds. The zero-order valence-electron chi connectivity index (χ0n) is 17.4. The number of halogens is 1. The van der Waals surface area contributed by atoms with E-state index in [1.807, 2.05) is 0 Å². The molecule has 4 rings (SSSR count). The smallest absolute Gasteiger partial charge is 0.336 e. The van der Waals surface area contributed by atoms with Gasteiger partial charge in [-0.25, -0.2) is 9.36 Å². The molecule has 0 saturated heterocycles. The standard InChI is InChI=1S/C24H19BrN2O5/c1-31-21-11-8-15(12-22(21)32-2)20(28)14-26-19-10-9-16(25)13-18(19)23(29)27(24(26)30)17-6-4-3-5-7-17/h3-13H,14H2,1-2H3. The molecule has 0 atom stereocenters. The molecule has 32 heavy (non-hydrogen) atoms. The van der Waals surface area contributed by atoms with E-state index in [9.17, 15) is 14.4 Å². The molecule has 8 heteroatoms. The van der Waals surface area contributed by atoms with E-state index >= 15 is 0 Å². The molecule has 1 aromatic heterocycles. The van der Waals surface area contributed by atoms with Crippen LogP contribution >= 0.6 is 15.9 Å². The summed E-state index contributed by atoms with van der Waals surface area (Å²) in [7, 11) is 2.99. The molecule has 0 radical (unpaired) electrons. The summed E-state index contributed by atoms with van der Waals surface area (Å²) >= 11 is 3.38. The van der Waals surface area contributed by atoms with Crippen molar-refractivity contribution in [2.24, 2.45) is 0 Å². The quantitative estimate of drug-likeness (QED) is 0.380. The summed E-state index contributed by atoms with van der Waals surface area (Å²) in [6.07, 6.45) is 0. The molecule has 3 aromatic carbocycles. The van der Waals surface area contributed by atoms with Crippen LogP contribution in [0.15, 0.2) is 80.8 Å². The average molecular weight is 495 g/mol. The first kappa shape index (κ1) is 21.6. The van der Waals surface area contributed by atoms with Gasteiger partial charge in [-0.1, -0.05) is 34.1 Å². The molecule has 1 heterocycles. The van der Waals surface area contributed by atoms with Crippen molar-refractivity contribution >= 4 is 32.6 Å². The highest BCUT2D eigenvalue weighted by atomic mass is 79.9. The van der Waals surface area contributed by atoms with Crippen molar-refractivity contribution < 1.29 is 14.3 Å². The van der Waals surface area contributed by atoms with Crippen LogP contribution in [0.25, 0.3) is 16.6 Å². The van der Waals surface area contributed by atoms with Crippen molar-refractivity contribution in [2.75, 3.05) is 14.2 Å². The zero-order chi connectivity index (χ0) is 22.8. The lowest BCUT2D eigenvalue weighted by molar-refractivity contribution is 0.0971. The number of carbonyl (C=O) groups excluding carboxylic acids is 1. The van der Waals surface area contributed by atoms with Crippen LogP contribution in [0.2, 0.25) is 0 Å². The van der Waals surface area contributed by atoms with Gasteiger partial charge in [0.05, 0.1) is 37.4 Å². The van der Waals surface area contributed by atoms with Crippen LogP contribution < -0.4 is 20.7 Å². The third kappa shape index (κ3) is 3.85. The van der Waals surface area contributed by atoms with Gasteiger partial charge in [-0.2, -0.15) is 0 Å². The number of ether oxygens (including phenoxy) is 2. The third-order valence-corrected chi connectivity index (χ3v) is 5.62. The Labute approximate surface area is 191 Å². The van der Waals surface area contributed by atoms with Crippen molar-refractivity contribution in [3.8, 4) is 17.2 Å².